The maximum Gasteiger partial charge on any atom is 0.233 e. The molecule has 1 aliphatic rings. The first-order valence-electron chi connectivity index (χ1n) is 7.15. The smallest absolute Gasteiger partial charge is 0.233 e. The predicted molar refractivity (Wildman–Crippen MR) is 87.0 cm³/mol. The third kappa shape index (κ3) is 5.87. The van der Waals surface area contributed by atoms with E-state index < -0.39 is 0 Å². The molecular formula is C15H21ClN2O2S. The molecule has 6 heteroatoms. The van der Waals surface area contributed by atoms with Crippen LogP contribution >= 0.6 is 23.4 Å². The zero-order valence-corrected chi connectivity index (χ0v) is 13.8. The highest BCUT2D eigenvalue weighted by Crippen LogP contribution is 2.24. The van der Waals surface area contributed by atoms with Crippen LogP contribution in [0, 0.1) is 0 Å². The van der Waals surface area contributed by atoms with Crippen molar-refractivity contribution in [2.24, 2.45) is 0 Å². The number of carbonyl (C=O) groups excluding carboxylic acids is 1. The number of thioether (sulfide) groups is 1. The second-order valence-corrected chi connectivity index (χ2v) is 6.81. The van der Waals surface area contributed by atoms with Crippen LogP contribution in [0.25, 0.3) is 0 Å². The van der Waals surface area contributed by atoms with Crippen molar-refractivity contribution in [1.29, 1.82) is 0 Å². The van der Waals surface area contributed by atoms with Gasteiger partial charge in [0.1, 0.15) is 0 Å². The van der Waals surface area contributed by atoms with Crippen molar-refractivity contribution in [3.05, 3.63) is 29.3 Å². The van der Waals surface area contributed by atoms with Crippen molar-refractivity contribution in [2.45, 2.75) is 17.1 Å². The molecule has 0 bridgehead atoms. The molecule has 4 nitrogen and oxygen atoms in total. The summed E-state index contributed by atoms with van der Waals surface area (Å²) in [5.41, 5.74) is 0. The van der Waals surface area contributed by atoms with E-state index in [1.807, 2.05) is 31.2 Å². The maximum absolute atomic E-state index is 12.1. The number of hydrogen-bond acceptors (Lipinski definition) is 4. The number of hydrogen-bond donors (Lipinski definition) is 1. The van der Waals surface area contributed by atoms with Crippen molar-refractivity contribution >= 4 is 29.3 Å². The largest absolute Gasteiger partial charge is 0.379 e. The van der Waals surface area contributed by atoms with E-state index in [1.165, 1.54) is 0 Å². The standard InChI is InChI=1S/C15H21ClN2O2S/c1-12(21-14-4-2-13(16)3-5-14)15(19)17-6-7-18-8-10-20-11-9-18/h2-5,12H,6-11H2,1H3,(H,17,19). The van der Waals surface area contributed by atoms with Crippen molar-refractivity contribution < 1.29 is 9.53 Å². The Hall–Kier alpha value is -0.750. The van der Waals surface area contributed by atoms with Crippen LogP contribution in [0.3, 0.4) is 0 Å². The molecule has 1 saturated heterocycles. The quantitative estimate of drug-likeness (QED) is 0.813. The molecular weight excluding hydrogens is 308 g/mol. The lowest BCUT2D eigenvalue weighted by molar-refractivity contribution is -0.120. The summed E-state index contributed by atoms with van der Waals surface area (Å²) >= 11 is 7.39. The van der Waals surface area contributed by atoms with Crippen molar-refractivity contribution in [2.75, 3.05) is 39.4 Å². The fraction of sp³-hybridized carbons (Fsp3) is 0.533. The van der Waals surface area contributed by atoms with Crippen LogP contribution in [0.2, 0.25) is 5.02 Å². The summed E-state index contributed by atoms with van der Waals surface area (Å²) < 4.78 is 5.30. The van der Waals surface area contributed by atoms with E-state index in [1.54, 1.807) is 11.8 Å². The topological polar surface area (TPSA) is 41.6 Å². The molecule has 1 atom stereocenters. The van der Waals surface area contributed by atoms with E-state index in [2.05, 4.69) is 10.2 Å². The van der Waals surface area contributed by atoms with E-state index in [-0.39, 0.29) is 11.2 Å². The van der Waals surface area contributed by atoms with Gasteiger partial charge >= 0.3 is 0 Å². The summed E-state index contributed by atoms with van der Waals surface area (Å²) in [6.07, 6.45) is 0. The average molecular weight is 329 g/mol. The first kappa shape index (κ1) is 16.6. The van der Waals surface area contributed by atoms with Gasteiger partial charge in [-0.15, -0.1) is 11.8 Å². The minimum atomic E-state index is -0.115. The maximum atomic E-state index is 12.1. The Morgan fingerprint density at radius 2 is 2.05 bits per heavy atom. The average Bonchev–Trinajstić information content (AvgIpc) is 2.50. The Morgan fingerprint density at radius 3 is 2.71 bits per heavy atom. The van der Waals surface area contributed by atoms with Gasteiger partial charge in [-0.1, -0.05) is 11.6 Å². The molecule has 0 spiro atoms. The van der Waals surface area contributed by atoms with Crippen molar-refractivity contribution in [3.63, 3.8) is 0 Å². The minimum Gasteiger partial charge on any atom is -0.379 e. The van der Waals surface area contributed by atoms with E-state index in [0.717, 1.165) is 37.7 Å². The molecule has 1 aromatic rings. The molecule has 1 unspecified atom stereocenters. The van der Waals surface area contributed by atoms with Crippen molar-refractivity contribution in [1.82, 2.24) is 10.2 Å². The second-order valence-electron chi connectivity index (χ2n) is 4.96. The third-order valence-electron chi connectivity index (χ3n) is 3.33. The Bertz CT molecular complexity index is 449. The Balaban J connectivity index is 1.68. The van der Waals surface area contributed by atoms with Crippen LogP contribution in [0.15, 0.2) is 29.2 Å². The van der Waals surface area contributed by atoms with Gasteiger partial charge in [0.2, 0.25) is 5.91 Å². The second kappa shape index (κ2) is 8.63. The molecule has 1 aliphatic heterocycles. The number of amides is 1. The third-order valence-corrected chi connectivity index (χ3v) is 4.69. The van der Waals surface area contributed by atoms with Crippen LogP contribution in [0.4, 0.5) is 0 Å². The SMILES string of the molecule is CC(Sc1ccc(Cl)cc1)C(=O)NCCN1CCOCC1. The molecule has 1 heterocycles. The van der Waals surface area contributed by atoms with Gasteiger partial charge in [0.05, 0.1) is 18.5 Å². The van der Waals surface area contributed by atoms with Gasteiger partial charge < -0.3 is 10.1 Å². The lowest BCUT2D eigenvalue weighted by atomic mass is 10.4. The lowest BCUT2D eigenvalue weighted by Crippen LogP contribution is -2.42. The van der Waals surface area contributed by atoms with E-state index in [0.29, 0.717) is 11.6 Å². The molecule has 1 fully saturated rings. The molecule has 21 heavy (non-hydrogen) atoms. The molecule has 0 saturated carbocycles. The summed E-state index contributed by atoms with van der Waals surface area (Å²) in [5, 5.41) is 3.59. The van der Waals surface area contributed by atoms with Crippen LogP contribution < -0.4 is 5.32 Å². The van der Waals surface area contributed by atoms with Crippen LogP contribution in [0.5, 0.6) is 0 Å². The summed E-state index contributed by atoms with van der Waals surface area (Å²) in [7, 11) is 0. The Morgan fingerprint density at radius 1 is 1.38 bits per heavy atom. The molecule has 0 radical (unpaired) electrons. The van der Waals surface area contributed by atoms with Crippen LogP contribution in [-0.4, -0.2) is 55.4 Å². The molecule has 1 amide bonds. The van der Waals surface area contributed by atoms with Gasteiger partial charge in [0, 0.05) is 36.1 Å². The Labute approximate surface area is 135 Å². The number of carbonyl (C=O) groups is 1. The summed E-state index contributed by atoms with van der Waals surface area (Å²) in [4.78, 5) is 15.4. The van der Waals surface area contributed by atoms with Gasteiger partial charge in [-0.25, -0.2) is 0 Å². The molecule has 2 rings (SSSR count). The number of benzene rings is 1. The minimum absolute atomic E-state index is 0.0724. The number of rotatable bonds is 6. The number of nitrogens with zero attached hydrogens (tertiary/aromatic N) is 1. The lowest BCUT2D eigenvalue weighted by Gasteiger charge is -2.26. The highest BCUT2D eigenvalue weighted by molar-refractivity contribution is 8.00. The van der Waals surface area contributed by atoms with Gasteiger partial charge in [-0.3, -0.25) is 9.69 Å². The van der Waals surface area contributed by atoms with Crippen LogP contribution in [-0.2, 0) is 9.53 Å². The molecule has 1 N–H and O–H groups in total. The fourth-order valence-electron chi connectivity index (χ4n) is 2.08. The van der Waals surface area contributed by atoms with Gasteiger partial charge in [-0.05, 0) is 31.2 Å². The summed E-state index contributed by atoms with van der Waals surface area (Å²) in [6.45, 7) is 6.96. The van der Waals surface area contributed by atoms with Gasteiger partial charge in [0.15, 0.2) is 0 Å². The number of halogens is 1. The van der Waals surface area contributed by atoms with Gasteiger partial charge in [-0.2, -0.15) is 0 Å². The fourth-order valence-corrected chi connectivity index (χ4v) is 3.09. The summed E-state index contributed by atoms with van der Waals surface area (Å²) in [6, 6.07) is 7.55. The zero-order valence-electron chi connectivity index (χ0n) is 12.2. The number of nitrogens with one attached hydrogen (secondary N) is 1. The molecule has 116 valence electrons. The number of ether oxygens (including phenoxy) is 1. The van der Waals surface area contributed by atoms with Crippen LogP contribution in [0.1, 0.15) is 6.92 Å². The van der Waals surface area contributed by atoms with E-state index in [4.69, 9.17) is 16.3 Å². The first-order valence-corrected chi connectivity index (χ1v) is 8.41. The Kier molecular flexibility index (Phi) is 6.83. The molecule has 1 aromatic carbocycles. The highest BCUT2D eigenvalue weighted by Gasteiger charge is 2.15. The van der Waals surface area contributed by atoms with Crippen molar-refractivity contribution in [3.8, 4) is 0 Å². The first-order chi connectivity index (χ1) is 10.1. The zero-order chi connectivity index (χ0) is 15.1. The van der Waals surface area contributed by atoms with Gasteiger partial charge in [0.25, 0.3) is 0 Å². The molecule has 0 aromatic heterocycles. The van der Waals surface area contributed by atoms with E-state index >= 15 is 0 Å². The highest BCUT2D eigenvalue weighted by atomic mass is 35.5. The predicted octanol–water partition coefficient (Wildman–Crippen LogP) is 2.27. The molecule has 0 aliphatic carbocycles. The number of morpholine rings is 1. The normalized spacial score (nSPS) is 17.4. The monoisotopic (exact) mass is 328 g/mol. The summed E-state index contributed by atoms with van der Waals surface area (Å²) in [5.74, 6) is 0.0724. The van der Waals surface area contributed by atoms with E-state index in [9.17, 15) is 4.79 Å².